The highest BCUT2D eigenvalue weighted by atomic mass is 35.5. The van der Waals surface area contributed by atoms with Gasteiger partial charge in [-0.3, -0.25) is 0 Å². The Morgan fingerprint density at radius 1 is 1.12 bits per heavy atom. The van der Waals surface area contributed by atoms with Crippen molar-refractivity contribution in [1.29, 1.82) is 0 Å². The lowest BCUT2D eigenvalue weighted by Gasteiger charge is -2.09. The van der Waals surface area contributed by atoms with E-state index < -0.39 is 5.97 Å². The van der Waals surface area contributed by atoms with Gasteiger partial charge in [0.2, 0.25) is 5.76 Å². The normalized spacial score (nSPS) is 10.7. The van der Waals surface area contributed by atoms with Crippen LogP contribution in [0.3, 0.4) is 0 Å². The summed E-state index contributed by atoms with van der Waals surface area (Å²) in [4.78, 5) is 12.0. The van der Waals surface area contributed by atoms with Crippen LogP contribution in [0.25, 0.3) is 11.0 Å². The Labute approximate surface area is 156 Å². The SMILES string of the molecule is CCOC(=O)c1oc2cccc(OCCOc3cccc(Cl)c3)c2c1C. The summed E-state index contributed by atoms with van der Waals surface area (Å²) in [5.74, 6) is 1.04. The zero-order chi connectivity index (χ0) is 18.5. The number of carbonyl (C=O) groups is 1. The van der Waals surface area contributed by atoms with E-state index in [-0.39, 0.29) is 5.76 Å². The van der Waals surface area contributed by atoms with Crippen LogP contribution in [0.2, 0.25) is 5.02 Å². The molecule has 3 aromatic rings. The van der Waals surface area contributed by atoms with Gasteiger partial charge in [0.25, 0.3) is 0 Å². The zero-order valence-electron chi connectivity index (χ0n) is 14.6. The molecule has 5 nitrogen and oxygen atoms in total. The molecule has 0 aliphatic heterocycles. The van der Waals surface area contributed by atoms with Crippen LogP contribution in [0.1, 0.15) is 23.0 Å². The highest BCUT2D eigenvalue weighted by molar-refractivity contribution is 6.30. The topological polar surface area (TPSA) is 57.9 Å². The summed E-state index contributed by atoms with van der Waals surface area (Å²) < 4.78 is 22.1. The predicted octanol–water partition coefficient (Wildman–Crippen LogP) is 5.03. The molecule has 136 valence electrons. The van der Waals surface area contributed by atoms with Crippen LogP contribution in [-0.4, -0.2) is 25.8 Å². The third-order valence-electron chi connectivity index (χ3n) is 3.78. The van der Waals surface area contributed by atoms with Gasteiger partial charge in [-0.1, -0.05) is 23.7 Å². The van der Waals surface area contributed by atoms with Crippen LogP contribution >= 0.6 is 11.6 Å². The first-order valence-corrected chi connectivity index (χ1v) is 8.68. The Bertz CT molecular complexity index is 916. The molecule has 6 heteroatoms. The molecule has 1 heterocycles. The molecule has 0 aliphatic rings. The summed E-state index contributed by atoms with van der Waals surface area (Å²) >= 11 is 5.93. The second kappa shape index (κ2) is 8.15. The minimum absolute atomic E-state index is 0.202. The molecule has 2 aromatic carbocycles. The van der Waals surface area contributed by atoms with Crippen molar-refractivity contribution in [3.8, 4) is 11.5 Å². The summed E-state index contributed by atoms with van der Waals surface area (Å²) in [7, 11) is 0. The lowest BCUT2D eigenvalue weighted by Crippen LogP contribution is -2.09. The van der Waals surface area contributed by atoms with Gasteiger partial charge >= 0.3 is 5.97 Å². The average Bonchev–Trinajstić information content (AvgIpc) is 2.97. The van der Waals surface area contributed by atoms with E-state index in [1.807, 2.05) is 31.2 Å². The van der Waals surface area contributed by atoms with E-state index in [1.54, 1.807) is 25.1 Å². The van der Waals surface area contributed by atoms with Gasteiger partial charge in [-0.25, -0.2) is 4.79 Å². The number of halogens is 1. The highest BCUT2D eigenvalue weighted by Gasteiger charge is 2.21. The van der Waals surface area contributed by atoms with Crippen molar-refractivity contribution >= 4 is 28.5 Å². The number of furan rings is 1. The molecule has 0 aliphatic carbocycles. The van der Waals surface area contributed by atoms with E-state index in [4.69, 9.17) is 30.2 Å². The van der Waals surface area contributed by atoms with Gasteiger partial charge in [0.1, 0.15) is 30.3 Å². The van der Waals surface area contributed by atoms with E-state index in [2.05, 4.69) is 0 Å². The Morgan fingerprint density at radius 2 is 1.88 bits per heavy atom. The van der Waals surface area contributed by atoms with Crippen LogP contribution in [-0.2, 0) is 4.74 Å². The summed E-state index contributed by atoms with van der Waals surface area (Å²) in [6.45, 7) is 4.56. The van der Waals surface area contributed by atoms with Gasteiger partial charge in [0, 0.05) is 10.6 Å². The Morgan fingerprint density at radius 3 is 2.65 bits per heavy atom. The van der Waals surface area contributed by atoms with Crippen molar-refractivity contribution in [3.63, 3.8) is 0 Å². The first-order valence-electron chi connectivity index (χ1n) is 8.30. The lowest BCUT2D eigenvalue weighted by atomic mass is 10.1. The monoisotopic (exact) mass is 374 g/mol. The van der Waals surface area contributed by atoms with E-state index >= 15 is 0 Å². The molecule has 3 rings (SSSR count). The zero-order valence-corrected chi connectivity index (χ0v) is 15.3. The fourth-order valence-electron chi connectivity index (χ4n) is 2.65. The summed E-state index contributed by atoms with van der Waals surface area (Å²) in [5, 5.41) is 1.38. The Balaban J connectivity index is 1.70. The number of esters is 1. The van der Waals surface area contributed by atoms with E-state index in [0.717, 1.165) is 5.39 Å². The Kier molecular flexibility index (Phi) is 5.68. The van der Waals surface area contributed by atoms with Gasteiger partial charge in [0.05, 0.1) is 12.0 Å². The highest BCUT2D eigenvalue weighted by Crippen LogP contribution is 2.33. The number of benzene rings is 2. The third kappa shape index (κ3) is 3.94. The molecule has 26 heavy (non-hydrogen) atoms. The number of fused-ring (bicyclic) bond motifs is 1. The molecule has 0 bridgehead atoms. The van der Waals surface area contributed by atoms with Gasteiger partial charge in [-0.2, -0.15) is 0 Å². The smallest absolute Gasteiger partial charge is 0.374 e. The van der Waals surface area contributed by atoms with Gasteiger partial charge < -0.3 is 18.6 Å². The third-order valence-corrected chi connectivity index (χ3v) is 4.02. The van der Waals surface area contributed by atoms with Gasteiger partial charge in [-0.15, -0.1) is 0 Å². The average molecular weight is 375 g/mol. The summed E-state index contributed by atoms with van der Waals surface area (Å²) in [6.07, 6.45) is 0. The van der Waals surface area contributed by atoms with Crippen LogP contribution < -0.4 is 9.47 Å². The van der Waals surface area contributed by atoms with Gasteiger partial charge in [-0.05, 0) is 44.2 Å². The quantitative estimate of drug-likeness (QED) is 0.429. The molecule has 0 radical (unpaired) electrons. The van der Waals surface area contributed by atoms with Crippen molar-refractivity contribution in [3.05, 3.63) is 58.8 Å². The van der Waals surface area contributed by atoms with E-state index in [9.17, 15) is 4.79 Å². The molecule has 1 aromatic heterocycles. The second-order valence-corrected chi connectivity index (χ2v) is 6.00. The number of hydrogen-bond acceptors (Lipinski definition) is 5. The first kappa shape index (κ1) is 18.1. The van der Waals surface area contributed by atoms with Crippen LogP contribution in [0, 0.1) is 6.92 Å². The number of ether oxygens (including phenoxy) is 3. The summed E-state index contributed by atoms with van der Waals surface area (Å²) in [5.41, 5.74) is 1.28. The van der Waals surface area contributed by atoms with Crippen molar-refractivity contribution in [2.24, 2.45) is 0 Å². The molecule has 0 unspecified atom stereocenters. The number of hydrogen-bond donors (Lipinski definition) is 0. The number of rotatable bonds is 7. The molecular weight excluding hydrogens is 356 g/mol. The largest absolute Gasteiger partial charge is 0.490 e. The standard InChI is InChI=1S/C20H19ClO5/c1-3-23-20(22)19-13(2)18-16(8-5-9-17(18)26-19)25-11-10-24-15-7-4-6-14(21)12-15/h4-9,12H,3,10-11H2,1-2H3. The molecule has 0 saturated heterocycles. The lowest BCUT2D eigenvalue weighted by molar-refractivity contribution is 0.0491. The fourth-order valence-corrected chi connectivity index (χ4v) is 2.83. The first-order chi connectivity index (χ1) is 12.6. The maximum Gasteiger partial charge on any atom is 0.374 e. The molecule has 0 amide bonds. The Hall–Kier alpha value is -2.66. The second-order valence-electron chi connectivity index (χ2n) is 5.56. The van der Waals surface area contributed by atoms with Crippen LogP contribution in [0.5, 0.6) is 11.5 Å². The van der Waals surface area contributed by atoms with Crippen LogP contribution in [0.4, 0.5) is 0 Å². The van der Waals surface area contributed by atoms with E-state index in [1.165, 1.54) is 0 Å². The molecule has 0 fully saturated rings. The minimum Gasteiger partial charge on any atom is -0.490 e. The maximum atomic E-state index is 12.0. The molecular formula is C20H19ClO5. The molecule has 0 saturated carbocycles. The van der Waals surface area contributed by atoms with Crippen molar-refractivity contribution < 1.29 is 23.4 Å². The predicted molar refractivity (Wildman–Crippen MR) is 99.3 cm³/mol. The molecule has 0 atom stereocenters. The fraction of sp³-hybridized carbons (Fsp3) is 0.250. The minimum atomic E-state index is -0.476. The molecule has 0 N–H and O–H groups in total. The molecule has 0 spiro atoms. The van der Waals surface area contributed by atoms with E-state index in [0.29, 0.717) is 47.5 Å². The summed E-state index contributed by atoms with van der Waals surface area (Å²) in [6, 6.07) is 12.6. The van der Waals surface area contributed by atoms with Crippen molar-refractivity contribution in [2.75, 3.05) is 19.8 Å². The maximum absolute atomic E-state index is 12.0. The van der Waals surface area contributed by atoms with Crippen LogP contribution in [0.15, 0.2) is 46.9 Å². The number of carbonyl (C=O) groups excluding carboxylic acids is 1. The van der Waals surface area contributed by atoms with Gasteiger partial charge in [0.15, 0.2) is 0 Å². The van der Waals surface area contributed by atoms with Crippen molar-refractivity contribution in [1.82, 2.24) is 0 Å². The van der Waals surface area contributed by atoms with Crippen molar-refractivity contribution in [2.45, 2.75) is 13.8 Å². The number of aryl methyl sites for hydroxylation is 1.